The van der Waals surface area contributed by atoms with Crippen LogP contribution in [0.1, 0.15) is 0 Å². The van der Waals surface area contributed by atoms with Crippen LogP contribution in [-0.2, 0) is 0 Å². The summed E-state index contributed by atoms with van der Waals surface area (Å²) in [5.74, 6) is 0.861. The fourth-order valence-corrected chi connectivity index (χ4v) is 1.15. The summed E-state index contributed by atoms with van der Waals surface area (Å²) in [5, 5.41) is 2.31. The minimum absolute atomic E-state index is 0.732. The lowest BCUT2D eigenvalue weighted by molar-refractivity contribution is 0.346. The number of thiocarbonyl (C=S) groups is 1. The molecule has 0 N–H and O–H groups in total. The lowest BCUT2D eigenvalue weighted by atomic mass is 10.3. The van der Waals surface area contributed by atoms with E-state index in [0.717, 1.165) is 22.5 Å². The predicted molar refractivity (Wildman–Crippen MR) is 65.5 cm³/mol. The van der Waals surface area contributed by atoms with E-state index in [1.54, 1.807) is 0 Å². The van der Waals surface area contributed by atoms with Crippen LogP contribution in [0.5, 0.6) is 5.75 Å². The molecule has 0 saturated carbocycles. The number of hydrogen-bond acceptors (Lipinski definition) is 3. The molecule has 0 amide bonds. The van der Waals surface area contributed by atoms with Crippen LogP contribution in [0.3, 0.4) is 0 Å². The number of halogens is 1. The van der Waals surface area contributed by atoms with E-state index in [1.807, 2.05) is 24.3 Å². The number of alkyl halides is 1. The van der Waals surface area contributed by atoms with E-state index in [9.17, 15) is 0 Å². The van der Waals surface area contributed by atoms with Crippen molar-refractivity contribution < 1.29 is 4.74 Å². The maximum atomic E-state index is 5.39. The highest BCUT2D eigenvalue weighted by Crippen LogP contribution is 2.17. The summed E-state index contributed by atoms with van der Waals surface area (Å²) < 4.78 is 6.38. The molecule has 1 rings (SSSR count). The molecular weight excluding hydrogens is 297 g/mol. The largest absolute Gasteiger partial charge is 0.493 e. The molecule has 0 heterocycles. The summed E-state index contributed by atoms with van der Waals surface area (Å²) in [6, 6.07) is 7.44. The summed E-state index contributed by atoms with van der Waals surface area (Å²) in [6.45, 7) is 0.732. The first-order valence-corrected chi connectivity index (χ1v) is 5.67. The number of ether oxygens (including phenoxy) is 1. The summed E-state index contributed by atoms with van der Waals surface area (Å²) in [4.78, 5) is 3.84. The van der Waals surface area contributed by atoms with Crippen molar-refractivity contribution in [2.45, 2.75) is 0 Å². The van der Waals surface area contributed by atoms with E-state index >= 15 is 0 Å². The Morgan fingerprint density at radius 1 is 1.38 bits per heavy atom. The van der Waals surface area contributed by atoms with Gasteiger partial charge in [0.1, 0.15) is 5.75 Å². The van der Waals surface area contributed by atoms with Crippen LogP contribution in [0.15, 0.2) is 29.3 Å². The highest BCUT2D eigenvalue weighted by molar-refractivity contribution is 14.1. The molecule has 2 nitrogen and oxygen atoms in total. The molecule has 13 heavy (non-hydrogen) atoms. The Balaban J connectivity index is 2.63. The third kappa shape index (κ3) is 3.85. The van der Waals surface area contributed by atoms with Crippen LogP contribution in [0.4, 0.5) is 5.69 Å². The van der Waals surface area contributed by atoms with E-state index in [4.69, 9.17) is 4.74 Å². The van der Waals surface area contributed by atoms with E-state index in [2.05, 4.69) is 45.0 Å². The first kappa shape index (κ1) is 10.6. The lowest BCUT2D eigenvalue weighted by Gasteiger charge is -2.02. The Bertz CT molecular complexity index is 306. The van der Waals surface area contributed by atoms with Crippen LogP contribution in [0.2, 0.25) is 0 Å². The first-order valence-electron chi connectivity index (χ1n) is 3.73. The van der Waals surface area contributed by atoms with Gasteiger partial charge in [0.15, 0.2) is 0 Å². The number of nitrogens with zero attached hydrogens (tertiary/aromatic N) is 1. The second-order valence-electron chi connectivity index (χ2n) is 2.23. The molecule has 0 aliphatic rings. The fourth-order valence-electron chi connectivity index (χ4n) is 0.826. The van der Waals surface area contributed by atoms with Crippen molar-refractivity contribution in [3.63, 3.8) is 0 Å². The summed E-state index contributed by atoms with van der Waals surface area (Å²) >= 11 is 6.75. The van der Waals surface area contributed by atoms with E-state index in [-0.39, 0.29) is 0 Å². The SMILES string of the molecule is S=C=Nc1ccc(OCCI)cc1. The maximum Gasteiger partial charge on any atom is 0.119 e. The van der Waals surface area contributed by atoms with Crippen molar-refractivity contribution in [1.82, 2.24) is 0 Å². The molecule has 0 unspecified atom stereocenters. The van der Waals surface area contributed by atoms with Crippen LogP contribution < -0.4 is 4.74 Å². The molecule has 68 valence electrons. The van der Waals surface area contributed by atoms with Gasteiger partial charge in [-0.25, -0.2) is 0 Å². The molecule has 0 spiro atoms. The first-order chi connectivity index (χ1) is 6.36. The molecule has 0 aliphatic carbocycles. The molecule has 0 saturated heterocycles. The quantitative estimate of drug-likeness (QED) is 0.369. The molecule has 0 radical (unpaired) electrons. The number of benzene rings is 1. The standard InChI is InChI=1S/C9H8INOS/c10-5-6-12-9-3-1-8(2-4-9)11-7-13/h1-4H,5-6H2. The molecule has 0 aromatic heterocycles. The number of hydrogen-bond donors (Lipinski definition) is 0. The zero-order chi connectivity index (χ0) is 9.52. The maximum absolute atomic E-state index is 5.39. The molecule has 4 heteroatoms. The van der Waals surface area contributed by atoms with Crippen LogP contribution in [0, 0.1) is 0 Å². The molecular formula is C9H8INOS. The van der Waals surface area contributed by atoms with Crippen molar-refractivity contribution in [3.8, 4) is 5.75 Å². The Kier molecular flexibility index (Phi) is 4.97. The predicted octanol–water partition coefficient (Wildman–Crippen LogP) is 3.23. The van der Waals surface area contributed by atoms with Gasteiger partial charge < -0.3 is 4.74 Å². The summed E-state index contributed by atoms with van der Waals surface area (Å²) in [7, 11) is 0. The van der Waals surface area contributed by atoms with Crippen molar-refractivity contribution in [2.24, 2.45) is 4.99 Å². The second-order valence-corrected chi connectivity index (χ2v) is 3.50. The van der Waals surface area contributed by atoms with Gasteiger partial charge >= 0.3 is 0 Å². The Labute approximate surface area is 96.2 Å². The zero-order valence-electron chi connectivity index (χ0n) is 6.87. The van der Waals surface area contributed by atoms with Gasteiger partial charge in [0.2, 0.25) is 0 Å². The van der Waals surface area contributed by atoms with Gasteiger partial charge in [-0.2, -0.15) is 4.99 Å². The smallest absolute Gasteiger partial charge is 0.119 e. The summed E-state index contributed by atoms with van der Waals surface area (Å²) in [6.07, 6.45) is 0. The Morgan fingerprint density at radius 2 is 2.08 bits per heavy atom. The van der Waals surface area contributed by atoms with Crippen molar-refractivity contribution in [3.05, 3.63) is 24.3 Å². The third-order valence-corrected chi connectivity index (χ3v) is 1.89. The topological polar surface area (TPSA) is 21.6 Å². The van der Waals surface area contributed by atoms with Gasteiger partial charge in [-0.15, -0.1) is 0 Å². The van der Waals surface area contributed by atoms with Crippen molar-refractivity contribution in [2.75, 3.05) is 11.0 Å². The van der Waals surface area contributed by atoms with Crippen LogP contribution in [0.25, 0.3) is 0 Å². The molecule has 0 fully saturated rings. The van der Waals surface area contributed by atoms with Crippen LogP contribution >= 0.6 is 34.8 Å². The molecule has 0 bridgehead atoms. The average molecular weight is 305 g/mol. The number of aliphatic imine (C=N–C) groups is 1. The van der Waals surface area contributed by atoms with Crippen molar-refractivity contribution >= 4 is 45.7 Å². The monoisotopic (exact) mass is 305 g/mol. The second kappa shape index (κ2) is 6.07. The van der Waals surface area contributed by atoms with Gasteiger partial charge in [-0.05, 0) is 36.5 Å². The third-order valence-electron chi connectivity index (χ3n) is 1.36. The van der Waals surface area contributed by atoms with E-state index in [0.29, 0.717) is 0 Å². The van der Waals surface area contributed by atoms with Gasteiger partial charge in [-0.3, -0.25) is 0 Å². The van der Waals surface area contributed by atoms with Gasteiger partial charge in [0, 0.05) is 4.43 Å². The van der Waals surface area contributed by atoms with Gasteiger partial charge in [0.05, 0.1) is 17.5 Å². The molecule has 1 aromatic carbocycles. The summed E-state index contributed by atoms with van der Waals surface area (Å²) in [5.41, 5.74) is 0.803. The highest BCUT2D eigenvalue weighted by Gasteiger charge is 1.92. The van der Waals surface area contributed by atoms with Gasteiger partial charge in [-0.1, -0.05) is 22.6 Å². The van der Waals surface area contributed by atoms with Gasteiger partial charge in [0.25, 0.3) is 0 Å². The Morgan fingerprint density at radius 3 is 2.62 bits per heavy atom. The van der Waals surface area contributed by atoms with Crippen molar-refractivity contribution in [1.29, 1.82) is 0 Å². The fraction of sp³-hybridized carbons (Fsp3) is 0.222. The van der Waals surface area contributed by atoms with E-state index < -0.39 is 0 Å². The minimum atomic E-state index is 0.732. The molecule has 0 atom stereocenters. The lowest BCUT2D eigenvalue weighted by Crippen LogP contribution is -1.96. The highest BCUT2D eigenvalue weighted by atomic mass is 127. The van der Waals surface area contributed by atoms with Crippen LogP contribution in [-0.4, -0.2) is 16.2 Å². The molecule has 0 aliphatic heterocycles. The Hall–Kier alpha value is -0.450. The molecule has 1 aromatic rings. The zero-order valence-corrected chi connectivity index (χ0v) is 9.84. The average Bonchev–Trinajstić information content (AvgIpc) is 2.17. The number of isothiocyanates is 1. The number of rotatable bonds is 4. The van der Waals surface area contributed by atoms with E-state index in [1.165, 1.54) is 0 Å². The normalized spacial score (nSPS) is 9.00. The minimum Gasteiger partial charge on any atom is -0.493 e.